The molecule has 0 atom stereocenters. The van der Waals surface area contributed by atoms with Gasteiger partial charge in [-0.15, -0.1) is 5.10 Å². The van der Waals surface area contributed by atoms with Gasteiger partial charge in [0.15, 0.2) is 11.5 Å². The SMILES string of the molecule is O=C1CSC(=NN=Cc2cccc(OCC3OCCO3)c2)N1. The summed E-state index contributed by atoms with van der Waals surface area (Å²) in [6, 6.07) is 7.45. The predicted octanol–water partition coefficient (Wildman–Crippen LogP) is 0.991. The van der Waals surface area contributed by atoms with Crippen molar-refractivity contribution in [3.05, 3.63) is 29.8 Å². The van der Waals surface area contributed by atoms with Crippen molar-refractivity contribution in [1.29, 1.82) is 0 Å². The van der Waals surface area contributed by atoms with Gasteiger partial charge in [-0.1, -0.05) is 23.9 Å². The van der Waals surface area contributed by atoms with Gasteiger partial charge in [-0.2, -0.15) is 5.10 Å². The number of nitrogens with zero attached hydrogens (tertiary/aromatic N) is 2. The zero-order valence-electron chi connectivity index (χ0n) is 11.7. The van der Waals surface area contributed by atoms with Gasteiger partial charge in [-0.25, -0.2) is 0 Å². The zero-order chi connectivity index (χ0) is 15.2. The third-order valence-corrected chi connectivity index (χ3v) is 3.74. The molecule has 1 aromatic rings. The van der Waals surface area contributed by atoms with Crippen LogP contribution in [-0.2, 0) is 14.3 Å². The van der Waals surface area contributed by atoms with E-state index < -0.39 is 0 Å². The van der Waals surface area contributed by atoms with E-state index in [-0.39, 0.29) is 12.2 Å². The summed E-state index contributed by atoms with van der Waals surface area (Å²) < 4.78 is 16.2. The number of hydrogen-bond donors (Lipinski definition) is 1. The Morgan fingerprint density at radius 3 is 3.05 bits per heavy atom. The van der Waals surface area contributed by atoms with Crippen LogP contribution in [0.15, 0.2) is 34.5 Å². The van der Waals surface area contributed by atoms with Crippen molar-refractivity contribution in [2.45, 2.75) is 6.29 Å². The summed E-state index contributed by atoms with van der Waals surface area (Å²) in [6.07, 6.45) is 1.31. The Kier molecular flexibility index (Phi) is 5.04. The Hall–Kier alpha value is -1.90. The average Bonchev–Trinajstić information content (AvgIpc) is 3.17. The number of nitrogens with one attached hydrogen (secondary N) is 1. The van der Waals surface area contributed by atoms with E-state index in [1.54, 1.807) is 6.21 Å². The number of amides is 1. The molecular weight excluding hydrogens is 306 g/mol. The summed E-state index contributed by atoms with van der Waals surface area (Å²) in [5, 5.41) is 11.0. The van der Waals surface area contributed by atoms with Crippen molar-refractivity contribution in [3.8, 4) is 5.75 Å². The molecule has 116 valence electrons. The largest absolute Gasteiger partial charge is 0.488 e. The van der Waals surface area contributed by atoms with Gasteiger partial charge in [0.25, 0.3) is 0 Å². The number of hydrogen-bond acceptors (Lipinski definition) is 7. The van der Waals surface area contributed by atoms with Crippen molar-refractivity contribution in [2.24, 2.45) is 10.2 Å². The standard InChI is InChI=1S/C14H15N3O4S/c18-12-9-22-14(16-12)17-15-7-10-2-1-3-11(6-10)21-8-13-19-4-5-20-13/h1-3,6-7,13H,4-5,8-9H2,(H,16,17,18). The topological polar surface area (TPSA) is 81.5 Å². The van der Waals surface area contributed by atoms with E-state index in [1.165, 1.54) is 11.8 Å². The maximum absolute atomic E-state index is 11.0. The van der Waals surface area contributed by atoms with Crippen LogP contribution in [0.4, 0.5) is 0 Å². The molecule has 2 aliphatic rings. The summed E-state index contributed by atoms with van der Waals surface area (Å²) in [5.41, 5.74) is 0.851. The highest BCUT2D eigenvalue weighted by atomic mass is 32.2. The number of carbonyl (C=O) groups excluding carboxylic acids is 1. The van der Waals surface area contributed by atoms with E-state index in [2.05, 4.69) is 15.5 Å². The molecule has 8 heteroatoms. The van der Waals surface area contributed by atoms with Gasteiger partial charge in [0.05, 0.1) is 25.2 Å². The van der Waals surface area contributed by atoms with Gasteiger partial charge in [0.1, 0.15) is 12.4 Å². The lowest BCUT2D eigenvalue weighted by Crippen LogP contribution is -2.19. The first-order valence-corrected chi connectivity index (χ1v) is 7.78. The lowest BCUT2D eigenvalue weighted by Gasteiger charge is -2.11. The highest BCUT2D eigenvalue weighted by Gasteiger charge is 2.17. The Balaban J connectivity index is 1.55. The monoisotopic (exact) mass is 321 g/mol. The Labute approximate surface area is 131 Å². The number of thioether (sulfide) groups is 1. The minimum Gasteiger partial charge on any atom is -0.488 e. The van der Waals surface area contributed by atoms with Crippen LogP contribution >= 0.6 is 11.8 Å². The van der Waals surface area contributed by atoms with E-state index in [0.29, 0.717) is 36.5 Å². The van der Waals surface area contributed by atoms with Crippen molar-refractivity contribution >= 4 is 29.1 Å². The molecule has 0 saturated carbocycles. The van der Waals surface area contributed by atoms with Crippen LogP contribution in [0.2, 0.25) is 0 Å². The molecular formula is C14H15N3O4S. The molecule has 0 aliphatic carbocycles. The van der Waals surface area contributed by atoms with Gasteiger partial charge in [0, 0.05) is 0 Å². The number of ether oxygens (including phenoxy) is 3. The van der Waals surface area contributed by atoms with Crippen molar-refractivity contribution < 1.29 is 19.0 Å². The number of carbonyl (C=O) groups is 1. The summed E-state index contributed by atoms with van der Waals surface area (Å²) in [5.74, 6) is 1.05. The fourth-order valence-corrected chi connectivity index (χ4v) is 2.51. The lowest BCUT2D eigenvalue weighted by molar-refractivity contribution is -0.116. The van der Waals surface area contributed by atoms with Crippen LogP contribution < -0.4 is 10.1 Å². The van der Waals surface area contributed by atoms with Crippen LogP contribution in [0.3, 0.4) is 0 Å². The Bertz CT molecular complexity index is 600. The number of amidine groups is 1. The van der Waals surface area contributed by atoms with E-state index in [1.807, 2.05) is 24.3 Å². The first-order chi connectivity index (χ1) is 10.8. The molecule has 22 heavy (non-hydrogen) atoms. The predicted molar refractivity (Wildman–Crippen MR) is 83.3 cm³/mol. The van der Waals surface area contributed by atoms with Crippen molar-refractivity contribution in [2.75, 3.05) is 25.6 Å². The van der Waals surface area contributed by atoms with E-state index in [4.69, 9.17) is 14.2 Å². The van der Waals surface area contributed by atoms with E-state index >= 15 is 0 Å². The molecule has 2 heterocycles. The van der Waals surface area contributed by atoms with Crippen molar-refractivity contribution in [3.63, 3.8) is 0 Å². The molecule has 0 unspecified atom stereocenters. The molecule has 1 aromatic carbocycles. The first-order valence-electron chi connectivity index (χ1n) is 6.79. The van der Waals surface area contributed by atoms with Gasteiger partial charge in [-0.3, -0.25) is 4.79 Å². The molecule has 1 N–H and O–H groups in total. The third-order valence-electron chi connectivity index (χ3n) is 2.88. The molecule has 0 spiro atoms. The highest BCUT2D eigenvalue weighted by Crippen LogP contribution is 2.14. The maximum Gasteiger partial charge on any atom is 0.236 e. The van der Waals surface area contributed by atoms with Crippen LogP contribution in [0.5, 0.6) is 5.75 Å². The molecule has 3 rings (SSSR count). The second kappa shape index (κ2) is 7.39. The van der Waals surface area contributed by atoms with Crippen LogP contribution in [0.1, 0.15) is 5.56 Å². The smallest absolute Gasteiger partial charge is 0.236 e. The molecule has 7 nitrogen and oxygen atoms in total. The zero-order valence-corrected chi connectivity index (χ0v) is 12.5. The summed E-state index contributed by atoms with van der Waals surface area (Å²) >= 11 is 1.33. The maximum atomic E-state index is 11.0. The number of benzene rings is 1. The molecule has 0 aromatic heterocycles. The lowest BCUT2D eigenvalue weighted by atomic mass is 10.2. The first kappa shape index (κ1) is 15.0. The fourth-order valence-electron chi connectivity index (χ4n) is 1.88. The molecule has 2 aliphatic heterocycles. The highest BCUT2D eigenvalue weighted by molar-refractivity contribution is 8.15. The van der Waals surface area contributed by atoms with Crippen LogP contribution in [0.25, 0.3) is 0 Å². The van der Waals surface area contributed by atoms with Gasteiger partial charge < -0.3 is 19.5 Å². The van der Waals surface area contributed by atoms with Crippen molar-refractivity contribution in [1.82, 2.24) is 5.32 Å². The molecule has 1 amide bonds. The average molecular weight is 321 g/mol. The quantitative estimate of drug-likeness (QED) is 0.646. The van der Waals surface area contributed by atoms with Gasteiger partial charge in [0.2, 0.25) is 5.91 Å². The molecule has 0 radical (unpaired) electrons. The summed E-state index contributed by atoms with van der Waals surface area (Å²) in [4.78, 5) is 11.0. The van der Waals surface area contributed by atoms with Gasteiger partial charge in [-0.05, 0) is 17.7 Å². The third kappa shape index (κ3) is 4.30. The normalized spacial score (nSPS) is 20.9. The summed E-state index contributed by atoms with van der Waals surface area (Å²) in [6.45, 7) is 1.57. The van der Waals surface area contributed by atoms with E-state index in [9.17, 15) is 4.79 Å². The minimum absolute atomic E-state index is 0.0503. The Morgan fingerprint density at radius 2 is 2.27 bits per heavy atom. The fraction of sp³-hybridized carbons (Fsp3) is 0.357. The summed E-state index contributed by atoms with van der Waals surface area (Å²) in [7, 11) is 0. The molecule has 2 fully saturated rings. The van der Waals surface area contributed by atoms with Crippen LogP contribution in [-0.4, -0.2) is 49.2 Å². The molecule has 0 bridgehead atoms. The van der Waals surface area contributed by atoms with Crippen LogP contribution in [0, 0.1) is 0 Å². The minimum atomic E-state index is -0.299. The second-order valence-corrected chi connectivity index (χ2v) is 5.51. The molecule has 2 saturated heterocycles. The second-order valence-electron chi connectivity index (χ2n) is 4.54. The Morgan fingerprint density at radius 1 is 1.41 bits per heavy atom. The number of rotatable bonds is 5. The van der Waals surface area contributed by atoms with Gasteiger partial charge >= 0.3 is 0 Å². The van der Waals surface area contributed by atoms with E-state index in [0.717, 1.165) is 5.56 Å².